The first-order chi connectivity index (χ1) is 15.7. The molecule has 2 aromatic rings. The van der Waals surface area contributed by atoms with Gasteiger partial charge in [0.25, 0.3) is 0 Å². The maximum Gasteiger partial charge on any atom is 0.407 e. The number of alkyl carbamates (subject to hydrolysis) is 1. The Balaban J connectivity index is 1.32. The molecular weight excluding hydrogens is 420 g/mol. The Morgan fingerprint density at radius 2 is 1.61 bits per heavy atom. The molecule has 1 saturated carbocycles. The van der Waals surface area contributed by atoms with Crippen LogP contribution in [-0.2, 0) is 14.3 Å². The topological polar surface area (TPSA) is 105 Å². The molecule has 2 aliphatic carbocycles. The highest BCUT2D eigenvalue weighted by Gasteiger charge is 2.41. The summed E-state index contributed by atoms with van der Waals surface area (Å²) in [5.41, 5.74) is 2.96. The zero-order valence-electron chi connectivity index (χ0n) is 19.0. The quantitative estimate of drug-likeness (QED) is 0.562. The van der Waals surface area contributed by atoms with Crippen LogP contribution in [0.25, 0.3) is 11.1 Å². The maximum absolute atomic E-state index is 12.5. The highest BCUT2D eigenvalue weighted by atomic mass is 16.5. The molecule has 0 aromatic heterocycles. The van der Waals surface area contributed by atoms with E-state index in [4.69, 9.17) is 4.74 Å². The molecule has 3 N–H and O–H groups in total. The van der Waals surface area contributed by atoms with E-state index in [0.717, 1.165) is 30.4 Å². The van der Waals surface area contributed by atoms with Crippen LogP contribution >= 0.6 is 0 Å². The number of rotatable bonds is 8. The van der Waals surface area contributed by atoms with Gasteiger partial charge >= 0.3 is 12.1 Å². The summed E-state index contributed by atoms with van der Waals surface area (Å²) in [7, 11) is 0. The molecule has 0 saturated heterocycles. The van der Waals surface area contributed by atoms with Crippen molar-refractivity contribution in [2.75, 3.05) is 13.2 Å². The number of benzene rings is 2. The molecule has 4 rings (SSSR count). The van der Waals surface area contributed by atoms with Crippen LogP contribution in [0.4, 0.5) is 4.79 Å². The van der Waals surface area contributed by atoms with Crippen molar-refractivity contribution in [2.24, 2.45) is 5.41 Å². The van der Waals surface area contributed by atoms with E-state index < -0.39 is 17.6 Å². The van der Waals surface area contributed by atoms with E-state index in [1.54, 1.807) is 0 Å². The number of nitrogens with one attached hydrogen (secondary N) is 2. The molecule has 7 nitrogen and oxygen atoms in total. The van der Waals surface area contributed by atoms with E-state index in [1.807, 2.05) is 24.3 Å². The van der Waals surface area contributed by atoms with Crippen LogP contribution in [0, 0.1) is 5.41 Å². The summed E-state index contributed by atoms with van der Waals surface area (Å²) in [6.45, 7) is 3.47. The lowest BCUT2D eigenvalue weighted by Gasteiger charge is -2.41. The monoisotopic (exact) mass is 450 g/mol. The van der Waals surface area contributed by atoms with E-state index in [2.05, 4.69) is 34.9 Å². The van der Waals surface area contributed by atoms with Gasteiger partial charge in [0.05, 0.1) is 0 Å². The molecule has 174 valence electrons. The lowest BCUT2D eigenvalue weighted by molar-refractivity contribution is -0.146. The Morgan fingerprint density at radius 1 is 1.03 bits per heavy atom. The summed E-state index contributed by atoms with van der Waals surface area (Å²) in [4.78, 5) is 36.2. The van der Waals surface area contributed by atoms with Gasteiger partial charge in [-0.1, -0.05) is 55.0 Å². The summed E-state index contributed by atoms with van der Waals surface area (Å²) in [6, 6.07) is 16.3. The van der Waals surface area contributed by atoms with Crippen LogP contribution in [0.1, 0.15) is 56.6 Å². The van der Waals surface area contributed by atoms with Crippen molar-refractivity contribution in [1.82, 2.24) is 10.6 Å². The number of ether oxygens (including phenoxy) is 1. The Morgan fingerprint density at radius 3 is 2.12 bits per heavy atom. The summed E-state index contributed by atoms with van der Waals surface area (Å²) >= 11 is 0. The molecule has 0 unspecified atom stereocenters. The summed E-state index contributed by atoms with van der Waals surface area (Å²) < 4.78 is 5.59. The SMILES string of the molecule is CC(C)(NC(=O)CC1(CNC(=O)OCC2c3ccccc3-c3ccccc32)CCC1)C(=O)O. The van der Waals surface area contributed by atoms with Crippen molar-refractivity contribution in [1.29, 1.82) is 0 Å². The Kier molecular flexibility index (Phi) is 6.15. The molecule has 2 aromatic carbocycles. The van der Waals surface area contributed by atoms with E-state index in [1.165, 1.54) is 25.0 Å². The largest absolute Gasteiger partial charge is 0.480 e. The number of carbonyl (C=O) groups is 3. The lowest BCUT2D eigenvalue weighted by Crippen LogP contribution is -2.52. The van der Waals surface area contributed by atoms with Gasteiger partial charge in [-0.2, -0.15) is 0 Å². The zero-order valence-corrected chi connectivity index (χ0v) is 19.0. The molecule has 1 fully saturated rings. The standard InChI is InChI=1S/C26H30N2O5/c1-25(2,23(30)31)28-22(29)14-26(12-7-13-26)16-27-24(32)33-15-21-19-10-5-3-8-17(19)18-9-4-6-11-20(18)21/h3-6,8-11,21H,7,12-16H2,1-2H3,(H,27,32)(H,28,29)(H,30,31). The van der Waals surface area contributed by atoms with Crippen molar-refractivity contribution in [3.63, 3.8) is 0 Å². The van der Waals surface area contributed by atoms with Gasteiger partial charge in [-0.05, 0) is 54.4 Å². The molecule has 0 aliphatic heterocycles. The number of carboxylic acids is 1. The predicted octanol–water partition coefficient (Wildman–Crippen LogP) is 4.06. The van der Waals surface area contributed by atoms with Crippen LogP contribution < -0.4 is 10.6 Å². The van der Waals surface area contributed by atoms with E-state index >= 15 is 0 Å². The zero-order chi connectivity index (χ0) is 23.6. The van der Waals surface area contributed by atoms with Gasteiger partial charge in [-0.25, -0.2) is 9.59 Å². The molecule has 0 atom stereocenters. The third kappa shape index (κ3) is 4.72. The van der Waals surface area contributed by atoms with Crippen molar-refractivity contribution in [3.8, 4) is 11.1 Å². The summed E-state index contributed by atoms with van der Waals surface area (Å²) in [6.07, 6.45) is 2.25. The van der Waals surface area contributed by atoms with Crippen LogP contribution in [0.2, 0.25) is 0 Å². The van der Waals surface area contributed by atoms with E-state index in [0.29, 0.717) is 6.54 Å². The van der Waals surface area contributed by atoms with Gasteiger partial charge in [0.2, 0.25) is 5.91 Å². The van der Waals surface area contributed by atoms with Crippen molar-refractivity contribution >= 4 is 18.0 Å². The molecule has 33 heavy (non-hydrogen) atoms. The molecule has 0 radical (unpaired) electrons. The number of hydrogen-bond donors (Lipinski definition) is 3. The second-order valence-electron chi connectivity index (χ2n) is 9.69. The van der Waals surface area contributed by atoms with Gasteiger partial charge in [-0.3, -0.25) is 4.79 Å². The Hall–Kier alpha value is -3.35. The third-order valence-corrected chi connectivity index (χ3v) is 6.89. The predicted molar refractivity (Wildman–Crippen MR) is 124 cm³/mol. The highest BCUT2D eigenvalue weighted by molar-refractivity contribution is 5.86. The van der Waals surface area contributed by atoms with Crippen LogP contribution in [0.3, 0.4) is 0 Å². The Bertz CT molecular complexity index is 1030. The smallest absolute Gasteiger partial charge is 0.407 e. The normalized spacial score (nSPS) is 16.2. The number of aliphatic carboxylic acids is 1. The number of carbonyl (C=O) groups excluding carboxylic acids is 2. The minimum Gasteiger partial charge on any atom is -0.480 e. The molecule has 7 heteroatoms. The molecule has 0 heterocycles. The van der Waals surface area contributed by atoms with E-state index in [-0.39, 0.29) is 30.3 Å². The third-order valence-electron chi connectivity index (χ3n) is 6.89. The van der Waals surface area contributed by atoms with Gasteiger partial charge in [0.1, 0.15) is 12.1 Å². The van der Waals surface area contributed by atoms with Gasteiger partial charge in [0, 0.05) is 18.9 Å². The molecule has 0 bridgehead atoms. The van der Waals surface area contributed by atoms with Crippen LogP contribution in [0.15, 0.2) is 48.5 Å². The average molecular weight is 451 g/mol. The molecule has 0 spiro atoms. The average Bonchev–Trinajstić information content (AvgIpc) is 3.07. The second-order valence-corrected chi connectivity index (χ2v) is 9.69. The summed E-state index contributed by atoms with van der Waals surface area (Å²) in [5, 5.41) is 14.6. The van der Waals surface area contributed by atoms with Gasteiger partial charge < -0.3 is 20.5 Å². The van der Waals surface area contributed by atoms with Crippen molar-refractivity contribution in [2.45, 2.75) is 51.0 Å². The fourth-order valence-corrected chi connectivity index (χ4v) is 4.79. The Labute approximate surface area is 193 Å². The molecular formula is C26H30N2O5. The van der Waals surface area contributed by atoms with Crippen LogP contribution in [-0.4, -0.2) is 41.8 Å². The first kappa shape index (κ1) is 22.8. The number of fused-ring (bicyclic) bond motifs is 3. The lowest BCUT2D eigenvalue weighted by atomic mass is 9.66. The molecule has 2 amide bonds. The number of amides is 2. The van der Waals surface area contributed by atoms with Crippen molar-refractivity contribution in [3.05, 3.63) is 59.7 Å². The minimum absolute atomic E-state index is 0.00941. The van der Waals surface area contributed by atoms with Crippen molar-refractivity contribution < 1.29 is 24.2 Å². The fourth-order valence-electron chi connectivity index (χ4n) is 4.79. The van der Waals surface area contributed by atoms with Gasteiger partial charge in [0.15, 0.2) is 0 Å². The highest BCUT2D eigenvalue weighted by Crippen LogP contribution is 2.45. The number of carboxylic acid groups (broad SMARTS) is 1. The molecule has 2 aliphatic rings. The van der Waals surface area contributed by atoms with E-state index in [9.17, 15) is 19.5 Å². The number of hydrogen-bond acceptors (Lipinski definition) is 4. The fraction of sp³-hybridized carbons (Fsp3) is 0.423. The first-order valence-electron chi connectivity index (χ1n) is 11.3. The summed E-state index contributed by atoms with van der Waals surface area (Å²) in [5.74, 6) is -1.42. The minimum atomic E-state index is -1.33. The van der Waals surface area contributed by atoms with Crippen LogP contribution in [0.5, 0.6) is 0 Å². The van der Waals surface area contributed by atoms with Gasteiger partial charge in [-0.15, -0.1) is 0 Å². The second kappa shape index (κ2) is 8.89. The first-order valence-corrected chi connectivity index (χ1v) is 11.3. The maximum atomic E-state index is 12.5.